The Morgan fingerprint density at radius 1 is 1.10 bits per heavy atom. The van der Waals surface area contributed by atoms with Crippen LogP contribution in [0.5, 0.6) is 0 Å². The van der Waals surface area contributed by atoms with Crippen LogP contribution in [0.25, 0.3) is 10.2 Å². The highest BCUT2D eigenvalue weighted by Crippen LogP contribution is 2.31. The van der Waals surface area contributed by atoms with Crippen molar-refractivity contribution in [2.45, 2.75) is 18.7 Å². The minimum absolute atomic E-state index is 0.0601. The van der Waals surface area contributed by atoms with Gasteiger partial charge >= 0.3 is 0 Å². The number of nitrogens with zero attached hydrogens (tertiary/aromatic N) is 3. The fourth-order valence-electron chi connectivity index (χ4n) is 2.93. The monoisotopic (exact) mass is 431 g/mol. The zero-order valence-electron chi connectivity index (χ0n) is 17.0. The normalized spacial score (nSPS) is 11.9. The SMILES string of the molecule is CCS(=O)(=O)c1ccccc1C(=O)N(CCN(C)C)c1nc2ccc(C)cc2s1. The summed E-state index contributed by atoms with van der Waals surface area (Å²) in [7, 11) is 0.335. The Labute approximate surface area is 175 Å². The smallest absolute Gasteiger partial charge is 0.261 e. The molecule has 0 radical (unpaired) electrons. The Morgan fingerprint density at radius 2 is 1.83 bits per heavy atom. The van der Waals surface area contributed by atoms with Crippen LogP contribution < -0.4 is 4.90 Å². The van der Waals surface area contributed by atoms with Gasteiger partial charge in [0.25, 0.3) is 5.91 Å². The maximum Gasteiger partial charge on any atom is 0.261 e. The highest BCUT2D eigenvalue weighted by Gasteiger charge is 2.27. The summed E-state index contributed by atoms with van der Waals surface area (Å²) in [5.41, 5.74) is 2.13. The molecule has 1 heterocycles. The molecule has 0 aliphatic heterocycles. The summed E-state index contributed by atoms with van der Waals surface area (Å²) in [5.74, 6) is -0.412. The average molecular weight is 432 g/mol. The molecule has 6 nitrogen and oxygen atoms in total. The van der Waals surface area contributed by atoms with E-state index in [1.807, 2.05) is 44.1 Å². The number of rotatable bonds is 7. The third-order valence-electron chi connectivity index (χ3n) is 4.61. The molecule has 1 aromatic heterocycles. The molecule has 3 rings (SSSR count). The van der Waals surface area contributed by atoms with Crippen LogP contribution in [-0.4, -0.2) is 57.1 Å². The average Bonchev–Trinajstić information content (AvgIpc) is 3.10. The Hall–Kier alpha value is -2.29. The van der Waals surface area contributed by atoms with Crippen molar-refractivity contribution in [1.82, 2.24) is 9.88 Å². The first-order valence-electron chi connectivity index (χ1n) is 9.38. The second-order valence-electron chi connectivity index (χ2n) is 7.13. The molecule has 0 aliphatic carbocycles. The first-order valence-corrected chi connectivity index (χ1v) is 11.9. The molecule has 2 aromatic carbocycles. The number of amides is 1. The Kier molecular flexibility index (Phi) is 6.36. The summed E-state index contributed by atoms with van der Waals surface area (Å²) in [6, 6.07) is 12.4. The van der Waals surface area contributed by atoms with E-state index < -0.39 is 9.84 Å². The second kappa shape index (κ2) is 8.61. The number of aryl methyl sites for hydroxylation is 1. The van der Waals surface area contributed by atoms with Crippen LogP contribution in [0.15, 0.2) is 47.4 Å². The second-order valence-corrected chi connectivity index (χ2v) is 10.4. The van der Waals surface area contributed by atoms with Crippen molar-refractivity contribution in [3.63, 3.8) is 0 Å². The van der Waals surface area contributed by atoms with E-state index in [0.717, 1.165) is 15.8 Å². The molecule has 8 heteroatoms. The Balaban J connectivity index is 2.09. The van der Waals surface area contributed by atoms with Gasteiger partial charge in [0.15, 0.2) is 15.0 Å². The number of benzene rings is 2. The third-order valence-corrected chi connectivity index (χ3v) is 7.44. The van der Waals surface area contributed by atoms with Crippen molar-refractivity contribution in [1.29, 1.82) is 0 Å². The quantitative estimate of drug-likeness (QED) is 0.572. The summed E-state index contributed by atoms with van der Waals surface area (Å²) in [6.07, 6.45) is 0. The van der Waals surface area contributed by atoms with Crippen LogP contribution in [0.2, 0.25) is 0 Å². The van der Waals surface area contributed by atoms with Crippen LogP contribution in [-0.2, 0) is 9.84 Å². The van der Waals surface area contributed by atoms with Gasteiger partial charge in [-0.05, 0) is 50.8 Å². The van der Waals surface area contributed by atoms with Crippen molar-refractivity contribution < 1.29 is 13.2 Å². The number of anilines is 1. The van der Waals surface area contributed by atoms with Gasteiger partial charge in [-0.1, -0.05) is 36.5 Å². The molecule has 1 amide bonds. The van der Waals surface area contributed by atoms with Gasteiger partial charge in [-0.3, -0.25) is 9.69 Å². The lowest BCUT2D eigenvalue weighted by Crippen LogP contribution is -2.37. The van der Waals surface area contributed by atoms with E-state index in [2.05, 4.69) is 4.98 Å². The summed E-state index contributed by atoms with van der Waals surface area (Å²) >= 11 is 1.44. The molecule has 0 fully saturated rings. The van der Waals surface area contributed by atoms with Crippen molar-refractivity contribution in [3.05, 3.63) is 53.6 Å². The van der Waals surface area contributed by atoms with Crippen LogP contribution >= 0.6 is 11.3 Å². The molecule has 154 valence electrons. The van der Waals surface area contributed by atoms with Crippen molar-refractivity contribution in [2.24, 2.45) is 0 Å². The minimum Gasteiger partial charge on any atom is -0.308 e. The van der Waals surface area contributed by atoms with Gasteiger partial charge in [0.05, 0.1) is 26.4 Å². The number of carbonyl (C=O) groups is 1. The van der Waals surface area contributed by atoms with Gasteiger partial charge in [-0.25, -0.2) is 13.4 Å². The van der Waals surface area contributed by atoms with E-state index in [1.165, 1.54) is 17.4 Å². The topological polar surface area (TPSA) is 70.6 Å². The summed E-state index contributed by atoms with van der Waals surface area (Å²) < 4.78 is 26.1. The number of likely N-dealkylation sites (N-methyl/N-ethyl adjacent to an activating group) is 1. The lowest BCUT2D eigenvalue weighted by molar-refractivity contribution is 0.0982. The van der Waals surface area contributed by atoms with Gasteiger partial charge in [-0.15, -0.1) is 0 Å². The fraction of sp³-hybridized carbons (Fsp3) is 0.333. The number of fused-ring (bicyclic) bond motifs is 1. The first-order chi connectivity index (χ1) is 13.7. The minimum atomic E-state index is -3.53. The molecular formula is C21H25N3O3S2. The number of hydrogen-bond donors (Lipinski definition) is 0. The third kappa shape index (κ3) is 4.66. The Bertz CT molecular complexity index is 1140. The standard InChI is InChI=1S/C21H25N3O3S2/c1-5-29(26,27)19-9-7-6-8-16(19)20(25)24(13-12-23(3)4)21-22-17-11-10-15(2)14-18(17)28-21/h6-11,14H,5,12-13H2,1-4H3. The largest absolute Gasteiger partial charge is 0.308 e. The first kappa shape index (κ1) is 21.4. The maximum absolute atomic E-state index is 13.5. The van der Waals surface area contributed by atoms with Crippen LogP contribution in [0.1, 0.15) is 22.8 Å². The zero-order valence-corrected chi connectivity index (χ0v) is 18.7. The highest BCUT2D eigenvalue weighted by atomic mass is 32.2. The molecule has 0 aliphatic rings. The van der Waals surface area contributed by atoms with Gasteiger partial charge in [0.2, 0.25) is 0 Å². The fourth-order valence-corrected chi connectivity index (χ4v) is 5.11. The van der Waals surface area contributed by atoms with Gasteiger partial charge in [-0.2, -0.15) is 0 Å². The van der Waals surface area contributed by atoms with Crippen LogP contribution in [0.4, 0.5) is 5.13 Å². The molecular weight excluding hydrogens is 406 g/mol. The zero-order chi connectivity index (χ0) is 21.2. The summed E-state index contributed by atoms with van der Waals surface area (Å²) in [5, 5.41) is 0.571. The number of thiazole rings is 1. The van der Waals surface area contributed by atoms with E-state index in [4.69, 9.17) is 0 Å². The lowest BCUT2D eigenvalue weighted by atomic mass is 10.2. The molecule has 0 N–H and O–H groups in total. The molecule has 29 heavy (non-hydrogen) atoms. The highest BCUT2D eigenvalue weighted by molar-refractivity contribution is 7.91. The van der Waals surface area contributed by atoms with Gasteiger partial charge < -0.3 is 4.90 Å². The van der Waals surface area contributed by atoms with Gasteiger partial charge in [0, 0.05) is 13.1 Å². The van der Waals surface area contributed by atoms with Crippen LogP contribution in [0.3, 0.4) is 0 Å². The van der Waals surface area contributed by atoms with E-state index in [-0.39, 0.29) is 22.1 Å². The van der Waals surface area contributed by atoms with Crippen molar-refractivity contribution in [3.8, 4) is 0 Å². The molecule has 0 bridgehead atoms. The van der Waals surface area contributed by atoms with Gasteiger partial charge in [0.1, 0.15) is 0 Å². The number of hydrogen-bond acceptors (Lipinski definition) is 6. The molecule has 0 saturated heterocycles. The molecule has 3 aromatic rings. The van der Waals surface area contributed by atoms with Crippen molar-refractivity contribution in [2.75, 3.05) is 37.8 Å². The Morgan fingerprint density at radius 3 is 2.52 bits per heavy atom. The molecule has 0 spiro atoms. The maximum atomic E-state index is 13.5. The van der Waals surface area contributed by atoms with E-state index in [9.17, 15) is 13.2 Å². The number of aromatic nitrogens is 1. The lowest BCUT2D eigenvalue weighted by Gasteiger charge is -2.23. The van der Waals surface area contributed by atoms with E-state index >= 15 is 0 Å². The number of sulfone groups is 1. The predicted octanol–water partition coefficient (Wildman–Crippen LogP) is 3.61. The molecule has 0 unspecified atom stereocenters. The van der Waals surface area contributed by atoms with E-state index in [1.54, 1.807) is 30.0 Å². The summed E-state index contributed by atoms with van der Waals surface area (Å²) in [6.45, 7) is 4.63. The predicted molar refractivity (Wildman–Crippen MR) is 119 cm³/mol. The summed E-state index contributed by atoms with van der Waals surface area (Å²) in [4.78, 5) is 21.8. The molecule has 0 saturated carbocycles. The number of carbonyl (C=O) groups excluding carboxylic acids is 1. The van der Waals surface area contributed by atoms with Crippen LogP contribution in [0, 0.1) is 6.92 Å². The van der Waals surface area contributed by atoms with E-state index in [0.29, 0.717) is 18.2 Å². The van der Waals surface area contributed by atoms with Crippen molar-refractivity contribution >= 4 is 42.4 Å². The molecule has 0 atom stereocenters.